The minimum Gasteiger partial charge on any atom is -0.492 e. The van der Waals surface area contributed by atoms with Gasteiger partial charge in [0.25, 0.3) is 0 Å². The van der Waals surface area contributed by atoms with Crippen LogP contribution in [0.4, 0.5) is 5.69 Å². The summed E-state index contributed by atoms with van der Waals surface area (Å²) >= 11 is 0. The first-order valence-corrected chi connectivity index (χ1v) is 10.6. The van der Waals surface area contributed by atoms with Gasteiger partial charge in [0.2, 0.25) is 5.91 Å². The van der Waals surface area contributed by atoms with E-state index in [1.165, 1.54) is 38.8 Å². The highest BCUT2D eigenvalue weighted by Gasteiger charge is 2.22. The molecule has 0 aromatic heterocycles. The molecule has 29 heavy (non-hydrogen) atoms. The van der Waals surface area contributed by atoms with Crippen molar-refractivity contribution in [2.24, 2.45) is 11.8 Å². The smallest absolute Gasteiger partial charge is 0.224 e. The lowest BCUT2D eigenvalue weighted by atomic mass is 9.85. The van der Waals surface area contributed by atoms with Crippen LogP contribution >= 0.6 is 24.8 Å². The summed E-state index contributed by atoms with van der Waals surface area (Å²) < 4.78 is 5.94. The Morgan fingerprint density at radius 3 is 2.69 bits per heavy atom. The number of piperidine rings is 1. The van der Waals surface area contributed by atoms with Crippen molar-refractivity contribution in [1.29, 1.82) is 0 Å². The van der Waals surface area contributed by atoms with Gasteiger partial charge >= 0.3 is 0 Å². The number of halogens is 2. The predicted molar refractivity (Wildman–Crippen MR) is 125 cm³/mol. The van der Waals surface area contributed by atoms with Crippen LogP contribution in [0.3, 0.4) is 0 Å². The highest BCUT2D eigenvalue weighted by atomic mass is 35.5. The van der Waals surface area contributed by atoms with E-state index in [9.17, 15) is 4.79 Å². The maximum atomic E-state index is 12.4. The molecular weight excluding hydrogens is 409 g/mol. The number of rotatable bonds is 8. The van der Waals surface area contributed by atoms with Crippen LogP contribution in [0.1, 0.15) is 44.6 Å². The number of hydrogen-bond acceptors (Lipinski definition) is 4. The molecule has 0 aliphatic carbocycles. The fourth-order valence-electron chi connectivity index (χ4n) is 4.22. The van der Waals surface area contributed by atoms with Gasteiger partial charge in [-0.05, 0) is 94.4 Å². The molecule has 2 fully saturated rings. The van der Waals surface area contributed by atoms with E-state index in [-0.39, 0.29) is 30.7 Å². The Morgan fingerprint density at radius 1 is 1.28 bits per heavy atom. The summed E-state index contributed by atoms with van der Waals surface area (Å²) in [6, 6.07) is 5.93. The van der Waals surface area contributed by atoms with Crippen molar-refractivity contribution in [1.82, 2.24) is 10.2 Å². The number of carbonyl (C=O) groups excluding carboxylic acids is 1. The largest absolute Gasteiger partial charge is 0.492 e. The molecule has 2 aliphatic rings. The Balaban J connectivity index is 0.00000210. The van der Waals surface area contributed by atoms with Crippen molar-refractivity contribution in [3.05, 3.63) is 23.8 Å². The number of hydrogen-bond donors (Lipinski definition) is 2. The van der Waals surface area contributed by atoms with E-state index in [1.54, 1.807) is 0 Å². The van der Waals surface area contributed by atoms with Gasteiger partial charge in [0.05, 0.1) is 0 Å². The van der Waals surface area contributed by atoms with Gasteiger partial charge in [-0.3, -0.25) is 9.69 Å². The third-order valence-corrected chi connectivity index (χ3v) is 5.97. The topological polar surface area (TPSA) is 53.6 Å². The summed E-state index contributed by atoms with van der Waals surface area (Å²) in [6.07, 6.45) is 5.64. The molecule has 1 aromatic carbocycles. The van der Waals surface area contributed by atoms with Crippen LogP contribution in [-0.4, -0.2) is 50.1 Å². The Bertz CT molecular complexity index is 618. The molecule has 2 unspecified atom stereocenters. The number of likely N-dealkylation sites (tertiary alicyclic amines) is 1. The number of amides is 1. The summed E-state index contributed by atoms with van der Waals surface area (Å²) in [5.74, 6) is 2.04. The Hall–Kier alpha value is -1.01. The molecule has 2 heterocycles. The van der Waals surface area contributed by atoms with Crippen LogP contribution in [0.2, 0.25) is 0 Å². The van der Waals surface area contributed by atoms with Crippen molar-refractivity contribution < 1.29 is 9.53 Å². The van der Waals surface area contributed by atoms with E-state index in [2.05, 4.69) is 22.5 Å². The van der Waals surface area contributed by atoms with Crippen LogP contribution in [0.15, 0.2) is 18.2 Å². The van der Waals surface area contributed by atoms with Gasteiger partial charge in [0.1, 0.15) is 12.4 Å². The van der Waals surface area contributed by atoms with E-state index >= 15 is 0 Å². The zero-order chi connectivity index (χ0) is 19.1. The lowest BCUT2D eigenvalue weighted by molar-refractivity contribution is -0.117. The average molecular weight is 446 g/mol. The molecule has 0 saturated carbocycles. The minimum absolute atomic E-state index is 0. The van der Waals surface area contributed by atoms with Gasteiger partial charge in [-0.2, -0.15) is 0 Å². The van der Waals surface area contributed by atoms with Crippen molar-refractivity contribution >= 4 is 36.4 Å². The van der Waals surface area contributed by atoms with Gasteiger partial charge in [-0.25, -0.2) is 0 Å². The van der Waals surface area contributed by atoms with Gasteiger partial charge in [0, 0.05) is 18.7 Å². The molecule has 7 heteroatoms. The molecule has 0 radical (unpaired) electrons. The van der Waals surface area contributed by atoms with Crippen LogP contribution in [0, 0.1) is 18.8 Å². The first-order valence-electron chi connectivity index (χ1n) is 10.6. The van der Waals surface area contributed by atoms with Crippen LogP contribution in [0.25, 0.3) is 0 Å². The molecule has 2 saturated heterocycles. The normalized spacial score (nSPS) is 20.3. The van der Waals surface area contributed by atoms with Gasteiger partial charge < -0.3 is 15.4 Å². The molecule has 5 nitrogen and oxygen atoms in total. The zero-order valence-electron chi connectivity index (χ0n) is 17.7. The standard InChI is InChI=1S/C22H35N3O2.2ClH/c1-17(19-6-5-9-23-16-19)15-22(26)24-20-7-8-21(18(2)14-20)27-13-12-25-10-3-4-11-25;;/h7-8,14,17,19,23H,3-6,9-13,15-16H2,1-2H3,(H,24,26);2*1H. The molecular formula is C22H37Cl2N3O2. The second-order valence-corrected chi connectivity index (χ2v) is 8.21. The van der Waals surface area contributed by atoms with Crippen molar-refractivity contribution in [3.63, 3.8) is 0 Å². The fraction of sp³-hybridized carbons (Fsp3) is 0.682. The number of ether oxygens (including phenoxy) is 1. The van der Waals surface area contributed by atoms with E-state index in [0.717, 1.165) is 43.2 Å². The maximum Gasteiger partial charge on any atom is 0.224 e. The summed E-state index contributed by atoms with van der Waals surface area (Å²) in [7, 11) is 0. The first kappa shape index (κ1) is 26.0. The quantitative estimate of drug-likeness (QED) is 0.626. The van der Waals surface area contributed by atoms with Crippen molar-refractivity contribution in [2.45, 2.75) is 46.0 Å². The van der Waals surface area contributed by atoms with E-state index in [0.29, 0.717) is 18.3 Å². The molecule has 0 spiro atoms. The fourth-order valence-corrected chi connectivity index (χ4v) is 4.22. The number of nitrogens with zero attached hydrogens (tertiary/aromatic N) is 1. The summed E-state index contributed by atoms with van der Waals surface area (Å²) in [4.78, 5) is 14.9. The zero-order valence-corrected chi connectivity index (χ0v) is 19.4. The highest BCUT2D eigenvalue weighted by Crippen LogP contribution is 2.25. The second kappa shape index (κ2) is 13.3. The monoisotopic (exact) mass is 445 g/mol. The summed E-state index contributed by atoms with van der Waals surface area (Å²) in [6.45, 7) is 10.5. The van der Waals surface area contributed by atoms with Crippen LogP contribution < -0.4 is 15.4 Å². The Morgan fingerprint density at radius 2 is 2.03 bits per heavy atom. The number of anilines is 1. The van der Waals surface area contributed by atoms with Crippen molar-refractivity contribution in [3.8, 4) is 5.75 Å². The number of benzene rings is 1. The SMILES string of the molecule is Cc1cc(NC(=O)CC(C)C2CCCNC2)ccc1OCCN1CCCC1.Cl.Cl. The molecule has 3 rings (SSSR count). The van der Waals surface area contributed by atoms with Crippen molar-refractivity contribution in [2.75, 3.05) is 44.6 Å². The number of aryl methyl sites for hydroxylation is 1. The lowest BCUT2D eigenvalue weighted by Gasteiger charge is -2.28. The average Bonchev–Trinajstić information content (AvgIpc) is 3.17. The van der Waals surface area contributed by atoms with Crippen LogP contribution in [-0.2, 0) is 4.79 Å². The second-order valence-electron chi connectivity index (χ2n) is 8.21. The Labute approximate surface area is 188 Å². The third-order valence-electron chi connectivity index (χ3n) is 5.97. The lowest BCUT2D eigenvalue weighted by Crippen LogP contribution is -2.34. The molecule has 1 aromatic rings. The number of carbonyl (C=O) groups is 1. The summed E-state index contributed by atoms with van der Waals surface area (Å²) in [5, 5.41) is 6.50. The van der Waals surface area contributed by atoms with E-state index in [4.69, 9.17) is 4.74 Å². The number of nitrogens with one attached hydrogen (secondary N) is 2. The third kappa shape index (κ3) is 8.33. The van der Waals surface area contributed by atoms with E-state index in [1.807, 2.05) is 25.1 Å². The van der Waals surface area contributed by atoms with E-state index < -0.39 is 0 Å². The molecule has 166 valence electrons. The minimum atomic E-state index is 0. The molecule has 2 N–H and O–H groups in total. The summed E-state index contributed by atoms with van der Waals surface area (Å²) in [5.41, 5.74) is 1.93. The first-order chi connectivity index (χ1) is 13.1. The maximum absolute atomic E-state index is 12.4. The molecule has 1 amide bonds. The highest BCUT2D eigenvalue weighted by molar-refractivity contribution is 5.91. The molecule has 2 aliphatic heterocycles. The van der Waals surface area contributed by atoms with Crippen LogP contribution in [0.5, 0.6) is 5.75 Å². The van der Waals surface area contributed by atoms with Gasteiger partial charge in [-0.15, -0.1) is 24.8 Å². The molecule has 0 bridgehead atoms. The Kier molecular flexibility index (Phi) is 12.0. The van der Waals surface area contributed by atoms with Gasteiger partial charge in [-0.1, -0.05) is 6.92 Å². The predicted octanol–water partition coefficient (Wildman–Crippen LogP) is 4.28. The molecule has 2 atom stereocenters. The van der Waals surface area contributed by atoms with Gasteiger partial charge in [0.15, 0.2) is 0 Å².